The van der Waals surface area contributed by atoms with Crippen LogP contribution in [0.25, 0.3) is 11.0 Å². The van der Waals surface area contributed by atoms with Gasteiger partial charge in [-0.05, 0) is 40.2 Å². The number of anilines is 3. The number of sulfonamides is 1. The molecule has 2 aromatic carbocycles. The van der Waals surface area contributed by atoms with E-state index in [4.69, 9.17) is 9.47 Å². The minimum Gasteiger partial charge on any atom is -0.497 e. The van der Waals surface area contributed by atoms with Gasteiger partial charge in [-0.25, -0.2) is 18.4 Å². The van der Waals surface area contributed by atoms with E-state index in [9.17, 15) is 8.42 Å². The summed E-state index contributed by atoms with van der Waals surface area (Å²) in [5.74, 6) is 1.46. The van der Waals surface area contributed by atoms with Crippen LogP contribution in [0.2, 0.25) is 0 Å². The normalized spacial score (nSPS) is 11.3. The largest absolute Gasteiger partial charge is 0.497 e. The van der Waals surface area contributed by atoms with E-state index in [-0.39, 0.29) is 15.8 Å². The first-order valence-corrected chi connectivity index (χ1v) is 12.0. The second kappa shape index (κ2) is 8.69. The molecule has 0 saturated carbocycles. The van der Waals surface area contributed by atoms with Crippen LogP contribution in [0, 0.1) is 0 Å². The summed E-state index contributed by atoms with van der Waals surface area (Å²) < 4.78 is 39.8. The topological polar surface area (TPSA) is 102 Å². The molecule has 0 amide bonds. The average Bonchev–Trinajstić information content (AvgIpc) is 3.21. The molecular weight excluding hydrogens is 504 g/mol. The van der Waals surface area contributed by atoms with E-state index < -0.39 is 10.0 Å². The summed E-state index contributed by atoms with van der Waals surface area (Å²) in [6, 6.07) is 15.6. The Bertz CT molecular complexity index is 1340. The zero-order valence-corrected chi connectivity index (χ0v) is 19.6. The highest BCUT2D eigenvalue weighted by Gasteiger charge is 2.21. The third kappa shape index (κ3) is 4.73. The van der Waals surface area contributed by atoms with Crippen molar-refractivity contribution >= 4 is 65.6 Å². The number of ether oxygens (including phenoxy) is 2. The van der Waals surface area contributed by atoms with Crippen LogP contribution >= 0.6 is 27.3 Å². The third-order valence-corrected chi connectivity index (χ3v) is 7.68. The Morgan fingerprint density at radius 2 is 1.52 bits per heavy atom. The van der Waals surface area contributed by atoms with Crippen molar-refractivity contribution in [2.75, 3.05) is 24.3 Å². The van der Waals surface area contributed by atoms with Crippen LogP contribution in [0.3, 0.4) is 0 Å². The van der Waals surface area contributed by atoms with Gasteiger partial charge in [0.1, 0.15) is 15.7 Å². The number of aromatic nitrogens is 2. The number of thiophene rings is 1. The zero-order valence-electron chi connectivity index (χ0n) is 16.4. The molecule has 31 heavy (non-hydrogen) atoms. The van der Waals surface area contributed by atoms with Crippen molar-refractivity contribution in [2.24, 2.45) is 0 Å². The fourth-order valence-electron chi connectivity index (χ4n) is 2.79. The van der Waals surface area contributed by atoms with Crippen LogP contribution in [0.15, 0.2) is 62.6 Å². The Morgan fingerprint density at radius 3 is 2.06 bits per heavy atom. The minimum absolute atomic E-state index is 0.0741. The van der Waals surface area contributed by atoms with E-state index in [1.165, 1.54) is 6.07 Å². The van der Waals surface area contributed by atoms with E-state index in [1.807, 2.05) is 12.1 Å². The summed E-state index contributed by atoms with van der Waals surface area (Å²) in [5, 5.41) is 3.13. The Morgan fingerprint density at radius 1 is 0.903 bits per heavy atom. The second-order valence-electron chi connectivity index (χ2n) is 6.30. The maximum Gasteiger partial charge on any atom is 0.272 e. The van der Waals surface area contributed by atoms with Crippen molar-refractivity contribution in [2.45, 2.75) is 4.21 Å². The van der Waals surface area contributed by atoms with Gasteiger partial charge in [0.15, 0.2) is 11.6 Å². The van der Waals surface area contributed by atoms with Gasteiger partial charge >= 0.3 is 0 Å². The molecule has 0 aliphatic rings. The summed E-state index contributed by atoms with van der Waals surface area (Å²) in [6.45, 7) is 0. The molecule has 2 heterocycles. The first-order chi connectivity index (χ1) is 14.9. The molecule has 0 unspecified atom stereocenters. The van der Waals surface area contributed by atoms with Crippen LogP contribution in [0.4, 0.5) is 17.3 Å². The van der Waals surface area contributed by atoms with Crippen molar-refractivity contribution in [1.29, 1.82) is 0 Å². The fourth-order valence-corrected chi connectivity index (χ4v) is 5.81. The molecule has 0 aliphatic heterocycles. The molecule has 0 spiro atoms. The third-order valence-electron chi connectivity index (χ3n) is 4.23. The molecular formula is C20H17BrN4O4S2. The van der Waals surface area contributed by atoms with Crippen LogP contribution < -0.4 is 19.5 Å². The maximum atomic E-state index is 12.9. The van der Waals surface area contributed by atoms with E-state index in [2.05, 4.69) is 35.9 Å². The number of fused-ring (bicyclic) bond motifs is 1. The Labute approximate surface area is 191 Å². The predicted molar refractivity (Wildman–Crippen MR) is 125 cm³/mol. The molecule has 0 atom stereocenters. The lowest BCUT2D eigenvalue weighted by atomic mass is 10.2. The number of nitrogens with one attached hydrogen (secondary N) is 2. The first-order valence-electron chi connectivity index (χ1n) is 8.93. The number of rotatable bonds is 7. The van der Waals surface area contributed by atoms with Crippen molar-refractivity contribution in [3.8, 4) is 11.5 Å². The number of methoxy groups -OCH3 is 2. The van der Waals surface area contributed by atoms with Gasteiger partial charge in [0.2, 0.25) is 0 Å². The molecule has 0 fully saturated rings. The van der Waals surface area contributed by atoms with Gasteiger partial charge in [0.25, 0.3) is 10.0 Å². The highest BCUT2D eigenvalue weighted by atomic mass is 79.9. The van der Waals surface area contributed by atoms with Crippen molar-refractivity contribution in [3.05, 3.63) is 58.4 Å². The summed E-state index contributed by atoms with van der Waals surface area (Å²) >= 11 is 4.39. The van der Waals surface area contributed by atoms with Crippen molar-refractivity contribution < 1.29 is 17.9 Å². The SMILES string of the molecule is COc1cc(Nc2nc3ccccc3nc2NS(=O)(=O)c2ccc(Br)s2)cc(OC)c1. The summed E-state index contributed by atoms with van der Waals surface area (Å²) in [7, 11) is -0.758. The lowest BCUT2D eigenvalue weighted by Gasteiger charge is -2.14. The Balaban J connectivity index is 1.79. The quantitative estimate of drug-likeness (QED) is 0.352. The van der Waals surface area contributed by atoms with Gasteiger partial charge in [-0.2, -0.15) is 0 Å². The van der Waals surface area contributed by atoms with Crippen molar-refractivity contribution in [1.82, 2.24) is 9.97 Å². The van der Waals surface area contributed by atoms with Gasteiger partial charge in [0, 0.05) is 23.9 Å². The van der Waals surface area contributed by atoms with Gasteiger partial charge in [-0.15, -0.1) is 11.3 Å². The Kier molecular flexibility index (Phi) is 5.99. The van der Waals surface area contributed by atoms with Gasteiger partial charge in [-0.3, -0.25) is 4.72 Å². The van der Waals surface area contributed by atoms with Gasteiger partial charge in [0.05, 0.1) is 29.0 Å². The van der Waals surface area contributed by atoms with Crippen molar-refractivity contribution in [3.63, 3.8) is 0 Å². The lowest BCUT2D eigenvalue weighted by molar-refractivity contribution is 0.395. The van der Waals surface area contributed by atoms with Crippen LogP contribution in [-0.4, -0.2) is 32.6 Å². The minimum atomic E-state index is -3.85. The summed E-state index contributed by atoms with van der Waals surface area (Å²) in [5.41, 5.74) is 1.77. The molecule has 11 heteroatoms. The van der Waals surface area contributed by atoms with Crippen LogP contribution in [-0.2, 0) is 10.0 Å². The molecule has 4 rings (SSSR count). The lowest BCUT2D eigenvalue weighted by Crippen LogP contribution is -2.15. The predicted octanol–water partition coefficient (Wildman–Crippen LogP) is 5.02. The highest BCUT2D eigenvalue weighted by molar-refractivity contribution is 9.11. The molecule has 0 bridgehead atoms. The maximum absolute atomic E-state index is 12.9. The van der Waals surface area contributed by atoms with E-state index in [0.29, 0.717) is 32.0 Å². The number of halogens is 1. The number of benzene rings is 2. The molecule has 2 N–H and O–H groups in total. The smallest absolute Gasteiger partial charge is 0.272 e. The number of hydrogen-bond donors (Lipinski definition) is 2. The van der Waals surface area contributed by atoms with E-state index in [1.54, 1.807) is 50.6 Å². The number of nitrogens with zero attached hydrogens (tertiary/aromatic N) is 2. The standard InChI is InChI=1S/C20H17BrN4O4S2/c1-28-13-9-12(10-14(11-13)29-2)22-19-20(24-16-6-4-3-5-15(16)23-19)25-31(26,27)18-8-7-17(21)30-18/h3-11H,1-2H3,(H,22,23)(H,24,25). The molecule has 0 saturated heterocycles. The molecule has 0 aliphatic carbocycles. The average molecular weight is 521 g/mol. The molecule has 160 valence electrons. The summed E-state index contributed by atoms with van der Waals surface area (Å²) in [4.78, 5) is 9.07. The summed E-state index contributed by atoms with van der Waals surface area (Å²) in [6.07, 6.45) is 0. The number of para-hydroxylation sites is 2. The molecule has 4 aromatic rings. The van der Waals surface area contributed by atoms with Gasteiger partial charge < -0.3 is 14.8 Å². The zero-order chi connectivity index (χ0) is 22.0. The fraction of sp³-hybridized carbons (Fsp3) is 0.100. The second-order valence-corrected chi connectivity index (χ2v) is 10.7. The molecule has 0 radical (unpaired) electrons. The monoisotopic (exact) mass is 520 g/mol. The first kappa shape index (κ1) is 21.3. The molecule has 2 aromatic heterocycles. The highest BCUT2D eigenvalue weighted by Crippen LogP contribution is 2.32. The Hall–Kier alpha value is -2.89. The number of hydrogen-bond acceptors (Lipinski definition) is 8. The van der Waals surface area contributed by atoms with E-state index in [0.717, 1.165) is 11.3 Å². The molecule has 8 nitrogen and oxygen atoms in total. The van der Waals surface area contributed by atoms with E-state index >= 15 is 0 Å². The van der Waals surface area contributed by atoms with Gasteiger partial charge in [-0.1, -0.05) is 12.1 Å². The van der Waals surface area contributed by atoms with Crippen LogP contribution in [0.5, 0.6) is 11.5 Å². The van der Waals surface area contributed by atoms with Crippen LogP contribution in [0.1, 0.15) is 0 Å².